The quantitative estimate of drug-likeness (QED) is 0.753. The summed E-state index contributed by atoms with van der Waals surface area (Å²) in [6.45, 7) is 1.58. The van der Waals surface area contributed by atoms with Gasteiger partial charge in [0.1, 0.15) is 0 Å². The van der Waals surface area contributed by atoms with Crippen molar-refractivity contribution in [2.45, 2.75) is 17.9 Å². The van der Waals surface area contributed by atoms with Crippen molar-refractivity contribution < 1.29 is 13.5 Å². The number of nitrogens with two attached hydrogens (primary N) is 1. The van der Waals surface area contributed by atoms with Crippen molar-refractivity contribution in [2.24, 2.45) is 0 Å². The maximum Gasteiger partial charge on any atom is 0.261 e. The number of hydrogen-bond donors (Lipinski definition) is 3. The van der Waals surface area contributed by atoms with Crippen molar-refractivity contribution in [3.8, 4) is 0 Å². The van der Waals surface area contributed by atoms with Gasteiger partial charge in [0.25, 0.3) is 10.0 Å². The monoisotopic (exact) mass is 292 g/mol. The number of nitrogens with one attached hydrogen (secondary N) is 1. The molecule has 0 aromatic heterocycles. The SMILES string of the molecule is CC(O)c1ccccc1NS(=O)(=O)c1cccc(N)c1. The van der Waals surface area contributed by atoms with Gasteiger partial charge in [0.05, 0.1) is 16.7 Å². The lowest BCUT2D eigenvalue weighted by Crippen LogP contribution is -2.15. The van der Waals surface area contributed by atoms with E-state index < -0.39 is 16.1 Å². The van der Waals surface area contributed by atoms with Crippen LogP contribution in [0.5, 0.6) is 0 Å². The molecule has 0 amide bonds. The van der Waals surface area contributed by atoms with Gasteiger partial charge in [0.2, 0.25) is 0 Å². The van der Waals surface area contributed by atoms with E-state index in [0.717, 1.165) is 0 Å². The Morgan fingerprint density at radius 1 is 1.15 bits per heavy atom. The smallest absolute Gasteiger partial charge is 0.261 e. The summed E-state index contributed by atoms with van der Waals surface area (Å²) in [5.41, 5.74) is 6.83. The van der Waals surface area contributed by atoms with Gasteiger partial charge in [-0.3, -0.25) is 4.72 Å². The predicted molar refractivity (Wildman–Crippen MR) is 78.7 cm³/mol. The Morgan fingerprint density at radius 3 is 2.50 bits per heavy atom. The molecule has 0 aliphatic carbocycles. The summed E-state index contributed by atoms with van der Waals surface area (Å²) >= 11 is 0. The Morgan fingerprint density at radius 2 is 1.85 bits per heavy atom. The summed E-state index contributed by atoms with van der Waals surface area (Å²) in [5, 5.41) is 9.66. The lowest BCUT2D eigenvalue weighted by molar-refractivity contribution is 0.200. The summed E-state index contributed by atoms with van der Waals surface area (Å²) < 4.78 is 27.0. The van der Waals surface area contributed by atoms with Gasteiger partial charge in [-0.15, -0.1) is 0 Å². The van der Waals surface area contributed by atoms with Gasteiger partial charge in [-0.2, -0.15) is 0 Å². The molecule has 2 rings (SSSR count). The molecule has 5 nitrogen and oxygen atoms in total. The van der Waals surface area contributed by atoms with Crippen molar-refractivity contribution in [1.82, 2.24) is 0 Å². The van der Waals surface area contributed by atoms with E-state index in [1.165, 1.54) is 12.1 Å². The Hall–Kier alpha value is -2.05. The van der Waals surface area contributed by atoms with Crippen LogP contribution in [0.25, 0.3) is 0 Å². The van der Waals surface area contributed by atoms with Crippen LogP contribution in [0.3, 0.4) is 0 Å². The van der Waals surface area contributed by atoms with Crippen molar-refractivity contribution in [3.63, 3.8) is 0 Å². The highest BCUT2D eigenvalue weighted by Crippen LogP contribution is 2.25. The van der Waals surface area contributed by atoms with Gasteiger partial charge in [-0.1, -0.05) is 24.3 Å². The highest BCUT2D eigenvalue weighted by atomic mass is 32.2. The van der Waals surface area contributed by atoms with Crippen LogP contribution in [0.2, 0.25) is 0 Å². The first-order valence-corrected chi connectivity index (χ1v) is 7.54. The van der Waals surface area contributed by atoms with Crippen LogP contribution >= 0.6 is 0 Å². The van der Waals surface area contributed by atoms with Crippen molar-refractivity contribution in [3.05, 3.63) is 54.1 Å². The van der Waals surface area contributed by atoms with Crippen LogP contribution in [-0.4, -0.2) is 13.5 Å². The van der Waals surface area contributed by atoms with Crippen LogP contribution in [0.1, 0.15) is 18.6 Å². The maximum atomic E-state index is 12.3. The maximum absolute atomic E-state index is 12.3. The number of sulfonamides is 1. The van der Waals surface area contributed by atoms with Gasteiger partial charge < -0.3 is 10.8 Å². The van der Waals surface area contributed by atoms with E-state index in [9.17, 15) is 13.5 Å². The van der Waals surface area contributed by atoms with E-state index in [1.807, 2.05) is 0 Å². The number of nitrogen functional groups attached to an aromatic ring is 1. The van der Waals surface area contributed by atoms with Gasteiger partial charge in [-0.25, -0.2) is 8.42 Å². The predicted octanol–water partition coefficient (Wildman–Crippen LogP) is 2.12. The molecule has 0 radical (unpaired) electrons. The van der Waals surface area contributed by atoms with E-state index in [2.05, 4.69) is 4.72 Å². The van der Waals surface area contributed by atoms with E-state index in [-0.39, 0.29) is 4.90 Å². The van der Waals surface area contributed by atoms with Crippen LogP contribution in [0.15, 0.2) is 53.4 Å². The third kappa shape index (κ3) is 3.09. The van der Waals surface area contributed by atoms with Crippen LogP contribution < -0.4 is 10.5 Å². The first-order valence-electron chi connectivity index (χ1n) is 6.05. The Labute approximate surface area is 118 Å². The number of aliphatic hydroxyl groups excluding tert-OH is 1. The minimum Gasteiger partial charge on any atom is -0.399 e. The molecule has 0 heterocycles. The van der Waals surface area contributed by atoms with Crippen LogP contribution in [0.4, 0.5) is 11.4 Å². The average molecular weight is 292 g/mol. The topological polar surface area (TPSA) is 92.4 Å². The molecule has 6 heteroatoms. The van der Waals surface area contributed by atoms with Crippen molar-refractivity contribution in [2.75, 3.05) is 10.5 Å². The van der Waals surface area contributed by atoms with Crippen molar-refractivity contribution in [1.29, 1.82) is 0 Å². The summed E-state index contributed by atoms with van der Waals surface area (Å²) in [6, 6.07) is 12.7. The molecule has 0 spiro atoms. The molecule has 2 aromatic rings. The fraction of sp³-hybridized carbons (Fsp3) is 0.143. The van der Waals surface area contributed by atoms with Crippen LogP contribution in [-0.2, 0) is 10.0 Å². The second-order valence-corrected chi connectivity index (χ2v) is 6.12. The van der Waals surface area contributed by atoms with Gasteiger partial charge in [0.15, 0.2) is 0 Å². The zero-order valence-corrected chi connectivity index (χ0v) is 11.8. The first kappa shape index (κ1) is 14.4. The van der Waals surface area contributed by atoms with E-state index in [4.69, 9.17) is 5.73 Å². The zero-order chi connectivity index (χ0) is 14.8. The first-order chi connectivity index (χ1) is 9.40. The van der Waals surface area contributed by atoms with E-state index in [0.29, 0.717) is 16.9 Å². The largest absolute Gasteiger partial charge is 0.399 e. The third-order valence-electron chi connectivity index (χ3n) is 2.82. The van der Waals surface area contributed by atoms with Gasteiger partial charge >= 0.3 is 0 Å². The number of para-hydroxylation sites is 1. The number of benzene rings is 2. The molecule has 106 valence electrons. The molecule has 0 saturated carbocycles. The van der Waals surface area contributed by atoms with Crippen LogP contribution in [0, 0.1) is 0 Å². The fourth-order valence-corrected chi connectivity index (χ4v) is 2.98. The molecule has 1 atom stereocenters. The summed E-state index contributed by atoms with van der Waals surface area (Å²) in [5.74, 6) is 0. The number of hydrogen-bond acceptors (Lipinski definition) is 4. The second-order valence-electron chi connectivity index (χ2n) is 4.44. The van der Waals surface area contributed by atoms with Gasteiger partial charge in [0, 0.05) is 11.3 Å². The number of rotatable bonds is 4. The third-order valence-corrected chi connectivity index (χ3v) is 4.19. The Balaban J connectivity index is 2.39. The highest BCUT2D eigenvalue weighted by molar-refractivity contribution is 7.92. The number of aliphatic hydroxyl groups is 1. The molecule has 0 saturated heterocycles. The molecule has 4 N–H and O–H groups in total. The molecular formula is C14H16N2O3S. The molecule has 2 aromatic carbocycles. The second kappa shape index (κ2) is 5.52. The summed E-state index contributed by atoms with van der Waals surface area (Å²) in [7, 11) is -3.73. The molecule has 0 aliphatic rings. The van der Waals surface area contributed by atoms with Crippen molar-refractivity contribution >= 4 is 21.4 Å². The molecule has 20 heavy (non-hydrogen) atoms. The Kier molecular flexibility index (Phi) is 3.96. The normalized spacial score (nSPS) is 12.9. The average Bonchev–Trinajstić information content (AvgIpc) is 2.38. The lowest BCUT2D eigenvalue weighted by Gasteiger charge is -2.14. The standard InChI is InChI=1S/C14H16N2O3S/c1-10(17)13-7-2-3-8-14(13)16-20(18,19)12-6-4-5-11(15)9-12/h2-10,16-17H,15H2,1H3. The van der Waals surface area contributed by atoms with Gasteiger partial charge in [-0.05, 0) is 31.2 Å². The molecule has 0 bridgehead atoms. The molecule has 0 aliphatic heterocycles. The highest BCUT2D eigenvalue weighted by Gasteiger charge is 2.17. The Bertz CT molecular complexity index is 712. The summed E-state index contributed by atoms with van der Waals surface area (Å²) in [6.07, 6.45) is -0.769. The number of anilines is 2. The molecule has 1 unspecified atom stereocenters. The minimum atomic E-state index is -3.73. The molecular weight excluding hydrogens is 276 g/mol. The lowest BCUT2D eigenvalue weighted by atomic mass is 10.1. The van der Waals surface area contributed by atoms with E-state index in [1.54, 1.807) is 43.3 Å². The fourth-order valence-electron chi connectivity index (χ4n) is 1.84. The molecule has 0 fully saturated rings. The summed E-state index contributed by atoms with van der Waals surface area (Å²) in [4.78, 5) is 0.0814. The zero-order valence-electron chi connectivity index (χ0n) is 10.9. The van der Waals surface area contributed by atoms with E-state index >= 15 is 0 Å². The minimum absolute atomic E-state index is 0.0814.